The predicted molar refractivity (Wildman–Crippen MR) is 58.9 cm³/mol. The normalized spacial score (nSPS) is 11.9. The molecule has 0 amide bonds. The molecule has 88 valence electrons. The molecule has 3 N–H and O–H groups in total. The summed E-state index contributed by atoms with van der Waals surface area (Å²) < 4.78 is 10.3. The molecule has 0 aliphatic heterocycles. The summed E-state index contributed by atoms with van der Waals surface area (Å²) in [4.78, 5) is 10.7. The van der Waals surface area contributed by atoms with Crippen LogP contribution in [0.25, 0.3) is 0 Å². The summed E-state index contributed by atoms with van der Waals surface area (Å²) in [5.74, 6) is 0.0594. The first-order valence-corrected chi connectivity index (χ1v) is 4.78. The number of aliphatic carboxylic acids is 1. The van der Waals surface area contributed by atoms with Gasteiger partial charge in [0, 0.05) is 12.0 Å². The van der Waals surface area contributed by atoms with Crippen molar-refractivity contribution in [3.63, 3.8) is 0 Å². The molecule has 0 bridgehead atoms. The van der Waals surface area contributed by atoms with Crippen LogP contribution in [0.3, 0.4) is 0 Å². The maximum atomic E-state index is 10.7. The highest BCUT2D eigenvalue weighted by molar-refractivity contribution is 5.73. The molecule has 0 fully saturated rings. The molecule has 0 heterocycles. The Bertz CT molecular complexity index is 378. The zero-order chi connectivity index (χ0) is 12.1. The molecule has 0 radical (unpaired) electrons. The first-order valence-electron chi connectivity index (χ1n) is 4.78. The smallest absolute Gasteiger partial charge is 0.320 e. The number of hydrogen-bond donors (Lipinski definition) is 2. The van der Waals surface area contributed by atoms with Crippen molar-refractivity contribution in [1.29, 1.82) is 0 Å². The second-order valence-corrected chi connectivity index (χ2v) is 3.30. The highest BCUT2D eigenvalue weighted by Gasteiger charge is 2.17. The summed E-state index contributed by atoms with van der Waals surface area (Å²) in [7, 11) is 3.03. The Balaban J connectivity index is 2.99. The van der Waals surface area contributed by atoms with Crippen LogP contribution in [-0.2, 0) is 11.2 Å². The Labute approximate surface area is 93.8 Å². The number of benzene rings is 1. The minimum atomic E-state index is -1.04. The molecule has 5 heteroatoms. The molecule has 1 unspecified atom stereocenters. The van der Waals surface area contributed by atoms with Crippen LogP contribution in [0.2, 0.25) is 0 Å². The fourth-order valence-electron chi connectivity index (χ4n) is 1.44. The topological polar surface area (TPSA) is 81.8 Å². The van der Waals surface area contributed by atoms with Crippen LogP contribution in [0.5, 0.6) is 11.5 Å². The number of hydrogen-bond acceptors (Lipinski definition) is 4. The Hall–Kier alpha value is -1.75. The lowest BCUT2D eigenvalue weighted by Gasteiger charge is -2.13. The van der Waals surface area contributed by atoms with Gasteiger partial charge in [-0.25, -0.2) is 0 Å². The number of methoxy groups -OCH3 is 2. The average Bonchev–Trinajstić information content (AvgIpc) is 2.28. The third-order valence-electron chi connectivity index (χ3n) is 2.24. The number of carboxylic acids is 1. The zero-order valence-corrected chi connectivity index (χ0v) is 9.27. The molecule has 0 saturated heterocycles. The van der Waals surface area contributed by atoms with Gasteiger partial charge in [-0.1, -0.05) is 12.1 Å². The Kier molecular flexibility index (Phi) is 4.13. The number of rotatable bonds is 5. The van der Waals surface area contributed by atoms with Crippen molar-refractivity contribution in [2.24, 2.45) is 5.73 Å². The molecular weight excluding hydrogens is 210 g/mol. The summed E-state index contributed by atoms with van der Waals surface area (Å²) in [6.07, 6.45) is 0.204. The first kappa shape index (κ1) is 12.3. The van der Waals surface area contributed by atoms with Gasteiger partial charge in [-0.3, -0.25) is 4.79 Å². The van der Waals surface area contributed by atoms with Crippen LogP contribution in [0, 0.1) is 0 Å². The quantitative estimate of drug-likeness (QED) is 0.769. The average molecular weight is 225 g/mol. The van der Waals surface area contributed by atoms with Crippen molar-refractivity contribution in [3.05, 3.63) is 23.8 Å². The van der Waals surface area contributed by atoms with Gasteiger partial charge in [0.25, 0.3) is 0 Å². The van der Waals surface area contributed by atoms with Crippen LogP contribution in [0.1, 0.15) is 5.56 Å². The van der Waals surface area contributed by atoms with Crippen LogP contribution >= 0.6 is 0 Å². The van der Waals surface area contributed by atoms with E-state index in [1.807, 2.05) is 0 Å². The van der Waals surface area contributed by atoms with Gasteiger partial charge in [0.2, 0.25) is 0 Å². The van der Waals surface area contributed by atoms with E-state index in [0.29, 0.717) is 11.5 Å². The van der Waals surface area contributed by atoms with Crippen LogP contribution in [0.15, 0.2) is 18.2 Å². The Morgan fingerprint density at radius 2 is 2.12 bits per heavy atom. The molecule has 1 rings (SSSR count). The lowest BCUT2D eigenvalue weighted by Crippen LogP contribution is -2.32. The molecule has 0 aromatic heterocycles. The standard InChI is InChI=1S/C11H15NO4/c1-15-9-5-3-4-7(10(9)16-2)6-8(12)11(13)14/h3-5,8H,6,12H2,1-2H3,(H,13,14). The lowest BCUT2D eigenvalue weighted by molar-refractivity contribution is -0.138. The number of carbonyl (C=O) groups is 1. The zero-order valence-electron chi connectivity index (χ0n) is 9.27. The van der Waals surface area contributed by atoms with E-state index in [1.54, 1.807) is 18.2 Å². The Morgan fingerprint density at radius 3 is 2.62 bits per heavy atom. The van der Waals surface area contributed by atoms with Crippen LogP contribution in [-0.4, -0.2) is 31.3 Å². The lowest BCUT2D eigenvalue weighted by atomic mass is 10.1. The van der Waals surface area contributed by atoms with Crippen LogP contribution in [0.4, 0.5) is 0 Å². The molecule has 5 nitrogen and oxygen atoms in total. The maximum absolute atomic E-state index is 10.7. The van der Waals surface area contributed by atoms with Gasteiger partial charge < -0.3 is 20.3 Å². The molecule has 0 spiro atoms. The van der Waals surface area contributed by atoms with Gasteiger partial charge in [-0.2, -0.15) is 0 Å². The third-order valence-corrected chi connectivity index (χ3v) is 2.24. The maximum Gasteiger partial charge on any atom is 0.320 e. The summed E-state index contributed by atoms with van der Waals surface area (Å²) in [5.41, 5.74) is 6.19. The van der Waals surface area contributed by atoms with E-state index >= 15 is 0 Å². The summed E-state index contributed by atoms with van der Waals surface area (Å²) >= 11 is 0. The summed E-state index contributed by atoms with van der Waals surface area (Å²) in [6.45, 7) is 0. The molecule has 1 atom stereocenters. The van der Waals surface area contributed by atoms with Crippen molar-refractivity contribution in [1.82, 2.24) is 0 Å². The highest BCUT2D eigenvalue weighted by atomic mass is 16.5. The Morgan fingerprint density at radius 1 is 1.44 bits per heavy atom. The van der Waals surface area contributed by atoms with E-state index in [4.69, 9.17) is 20.3 Å². The second kappa shape index (κ2) is 5.37. The molecule has 1 aromatic carbocycles. The molecule has 0 saturated carbocycles. The first-order chi connectivity index (χ1) is 7.60. The molecule has 16 heavy (non-hydrogen) atoms. The monoisotopic (exact) mass is 225 g/mol. The number of carboxylic acid groups (broad SMARTS) is 1. The van der Waals surface area contributed by atoms with Crippen molar-refractivity contribution in [3.8, 4) is 11.5 Å². The number of ether oxygens (including phenoxy) is 2. The van der Waals surface area contributed by atoms with Crippen molar-refractivity contribution >= 4 is 5.97 Å². The summed E-state index contributed by atoms with van der Waals surface area (Å²) in [5, 5.41) is 8.74. The minimum absolute atomic E-state index is 0.204. The summed E-state index contributed by atoms with van der Waals surface area (Å²) in [6, 6.07) is 4.34. The highest BCUT2D eigenvalue weighted by Crippen LogP contribution is 2.31. The van der Waals surface area contributed by atoms with Crippen molar-refractivity contribution in [2.75, 3.05) is 14.2 Å². The largest absolute Gasteiger partial charge is 0.493 e. The van der Waals surface area contributed by atoms with Crippen molar-refractivity contribution in [2.45, 2.75) is 12.5 Å². The van der Waals surface area contributed by atoms with Gasteiger partial charge in [0.05, 0.1) is 14.2 Å². The molecule has 0 aliphatic rings. The van der Waals surface area contributed by atoms with Crippen molar-refractivity contribution < 1.29 is 19.4 Å². The van der Waals surface area contributed by atoms with Gasteiger partial charge in [-0.05, 0) is 6.07 Å². The van der Waals surface area contributed by atoms with Gasteiger partial charge in [0.1, 0.15) is 6.04 Å². The van der Waals surface area contributed by atoms with E-state index in [9.17, 15) is 4.79 Å². The van der Waals surface area contributed by atoms with E-state index in [-0.39, 0.29) is 6.42 Å². The van der Waals surface area contributed by atoms with E-state index in [0.717, 1.165) is 5.56 Å². The number of para-hydroxylation sites is 1. The fourth-order valence-corrected chi connectivity index (χ4v) is 1.44. The molecule has 1 aromatic rings. The predicted octanol–water partition coefficient (Wildman–Crippen LogP) is 0.658. The molecule has 0 aliphatic carbocycles. The third kappa shape index (κ3) is 2.64. The SMILES string of the molecule is COc1cccc(CC(N)C(=O)O)c1OC. The second-order valence-electron chi connectivity index (χ2n) is 3.30. The number of nitrogens with two attached hydrogens (primary N) is 1. The van der Waals surface area contributed by atoms with E-state index in [2.05, 4.69) is 0 Å². The van der Waals surface area contributed by atoms with Gasteiger partial charge >= 0.3 is 5.97 Å². The minimum Gasteiger partial charge on any atom is -0.493 e. The van der Waals surface area contributed by atoms with Gasteiger partial charge in [-0.15, -0.1) is 0 Å². The van der Waals surface area contributed by atoms with Crippen LogP contribution < -0.4 is 15.2 Å². The fraction of sp³-hybridized carbons (Fsp3) is 0.364. The van der Waals surface area contributed by atoms with E-state index in [1.165, 1.54) is 14.2 Å². The molecular formula is C11H15NO4. The van der Waals surface area contributed by atoms with E-state index < -0.39 is 12.0 Å². The van der Waals surface area contributed by atoms with Gasteiger partial charge in [0.15, 0.2) is 11.5 Å².